The number of H-pyrrole nitrogens is 1. The molecule has 0 saturated heterocycles. The number of ether oxygens (including phenoxy) is 1. The van der Waals surface area contributed by atoms with Crippen LogP contribution in [0.4, 0.5) is 5.95 Å². The second-order valence-corrected chi connectivity index (χ2v) is 7.82. The van der Waals surface area contributed by atoms with Crippen LogP contribution in [0.2, 0.25) is 5.02 Å². The van der Waals surface area contributed by atoms with Crippen molar-refractivity contribution in [1.29, 1.82) is 0 Å². The molecule has 4 rings (SSSR count). The van der Waals surface area contributed by atoms with Crippen molar-refractivity contribution in [3.05, 3.63) is 80.0 Å². The number of aryl methyl sites for hydroxylation is 1. The summed E-state index contributed by atoms with van der Waals surface area (Å²) in [5.74, 6) is 0.666. The molecule has 0 saturated carbocycles. The molecule has 0 aliphatic heterocycles. The number of anilines is 1. The van der Waals surface area contributed by atoms with E-state index in [4.69, 9.17) is 16.3 Å². The molecule has 0 radical (unpaired) electrons. The maximum Gasteiger partial charge on any atom is 0.329 e. The maximum absolute atomic E-state index is 12.6. The maximum atomic E-state index is 12.6. The van der Waals surface area contributed by atoms with Crippen LogP contribution < -0.4 is 21.4 Å². The molecular weight excluding hydrogens is 464 g/mol. The number of aliphatic hydroxyl groups excluding tert-OH is 1. The molecule has 0 spiro atoms. The number of hydrogen-bond donors (Lipinski definition) is 4. The number of aromatic amines is 1. The Balaban J connectivity index is 1.62. The Kier molecular flexibility index (Phi) is 6.66. The van der Waals surface area contributed by atoms with E-state index < -0.39 is 17.4 Å². The molecule has 0 bridgehead atoms. The number of aliphatic hydroxyl groups is 1. The molecule has 1 atom stereocenters. The van der Waals surface area contributed by atoms with E-state index in [-0.39, 0.29) is 36.0 Å². The lowest BCUT2D eigenvalue weighted by Crippen LogP contribution is -2.30. The smallest absolute Gasteiger partial charge is 0.329 e. The van der Waals surface area contributed by atoms with Crippen molar-refractivity contribution in [3.63, 3.8) is 0 Å². The Morgan fingerprint density at radius 1 is 1.24 bits per heavy atom. The van der Waals surface area contributed by atoms with Crippen molar-refractivity contribution < 1.29 is 14.9 Å². The van der Waals surface area contributed by atoms with Gasteiger partial charge in [0.05, 0.1) is 12.8 Å². The average Bonchev–Trinajstić information content (AvgIpc) is 3.17. The first-order valence-electron chi connectivity index (χ1n) is 10.2. The SMILES string of the molecule is Cn1c(=O)[nH]c(=O)c2c1nc(N/N=C\c1ccccc1O)n2C[C@@H](O)COc1ccc(Cl)cc1. The second-order valence-electron chi connectivity index (χ2n) is 7.38. The number of hydrazone groups is 1. The van der Waals surface area contributed by atoms with Crippen molar-refractivity contribution in [2.75, 3.05) is 12.0 Å². The highest BCUT2D eigenvalue weighted by atomic mass is 35.5. The van der Waals surface area contributed by atoms with E-state index in [2.05, 4.69) is 20.5 Å². The third-order valence-corrected chi connectivity index (χ3v) is 5.21. The minimum absolute atomic E-state index is 0.0372. The first-order chi connectivity index (χ1) is 16.3. The fourth-order valence-electron chi connectivity index (χ4n) is 3.24. The summed E-state index contributed by atoms with van der Waals surface area (Å²) in [6.45, 7) is -0.161. The number of imidazole rings is 1. The lowest BCUT2D eigenvalue weighted by molar-refractivity contribution is 0.0938. The summed E-state index contributed by atoms with van der Waals surface area (Å²) in [5.41, 5.74) is 2.07. The number of nitrogens with one attached hydrogen (secondary N) is 2. The minimum atomic E-state index is -1.03. The first kappa shape index (κ1) is 23.1. The molecular formula is C22H21ClN6O5. The molecule has 0 aliphatic carbocycles. The van der Waals surface area contributed by atoms with Gasteiger partial charge in [0.15, 0.2) is 11.2 Å². The van der Waals surface area contributed by atoms with Gasteiger partial charge in [-0.15, -0.1) is 0 Å². The summed E-state index contributed by atoms with van der Waals surface area (Å²) in [7, 11) is 1.47. The van der Waals surface area contributed by atoms with Gasteiger partial charge in [-0.2, -0.15) is 10.1 Å². The minimum Gasteiger partial charge on any atom is -0.507 e. The van der Waals surface area contributed by atoms with Gasteiger partial charge in [0.2, 0.25) is 5.95 Å². The van der Waals surface area contributed by atoms with Crippen molar-refractivity contribution in [2.24, 2.45) is 12.1 Å². The molecule has 2 aromatic heterocycles. The van der Waals surface area contributed by atoms with E-state index in [9.17, 15) is 19.8 Å². The van der Waals surface area contributed by atoms with E-state index in [0.29, 0.717) is 16.3 Å². The molecule has 4 aromatic rings. The lowest BCUT2D eigenvalue weighted by Gasteiger charge is -2.15. The normalized spacial score (nSPS) is 12.3. The van der Waals surface area contributed by atoms with E-state index in [1.807, 2.05) is 0 Å². The van der Waals surface area contributed by atoms with Crippen molar-refractivity contribution in [2.45, 2.75) is 12.6 Å². The van der Waals surface area contributed by atoms with Gasteiger partial charge < -0.3 is 19.5 Å². The fourth-order valence-corrected chi connectivity index (χ4v) is 3.37. The zero-order valence-electron chi connectivity index (χ0n) is 18.0. The molecule has 0 aliphatic rings. The summed E-state index contributed by atoms with van der Waals surface area (Å²) >= 11 is 5.87. The Hall–Kier alpha value is -4.09. The number of aromatic nitrogens is 4. The highest BCUT2D eigenvalue weighted by Gasteiger charge is 2.20. The number of phenolic OH excluding ortho intramolecular Hbond substituents is 1. The summed E-state index contributed by atoms with van der Waals surface area (Å²) in [4.78, 5) is 31.1. The van der Waals surface area contributed by atoms with Crippen LogP contribution in [-0.2, 0) is 13.6 Å². The Bertz CT molecular complexity index is 1460. The molecule has 2 aromatic carbocycles. The zero-order valence-corrected chi connectivity index (χ0v) is 18.7. The number of halogens is 1. The second kappa shape index (κ2) is 9.81. The van der Waals surface area contributed by atoms with Crippen LogP contribution in [0.1, 0.15) is 5.56 Å². The van der Waals surface area contributed by atoms with Crippen LogP contribution in [-0.4, -0.2) is 48.2 Å². The summed E-state index contributed by atoms with van der Waals surface area (Å²) in [6.07, 6.45) is 0.343. The molecule has 0 unspecified atom stereocenters. The third-order valence-electron chi connectivity index (χ3n) is 4.96. The number of aromatic hydroxyl groups is 1. The largest absolute Gasteiger partial charge is 0.507 e. The predicted octanol–water partition coefficient (Wildman–Crippen LogP) is 1.67. The van der Waals surface area contributed by atoms with Gasteiger partial charge in [-0.25, -0.2) is 10.2 Å². The average molecular weight is 485 g/mol. The van der Waals surface area contributed by atoms with Gasteiger partial charge in [0.25, 0.3) is 5.56 Å². The quantitative estimate of drug-likeness (QED) is 0.220. The lowest BCUT2D eigenvalue weighted by atomic mass is 10.2. The van der Waals surface area contributed by atoms with E-state index >= 15 is 0 Å². The van der Waals surface area contributed by atoms with E-state index in [1.54, 1.807) is 42.5 Å². The molecule has 11 nitrogen and oxygen atoms in total. The van der Waals surface area contributed by atoms with E-state index in [1.165, 1.54) is 28.5 Å². The monoisotopic (exact) mass is 484 g/mol. The standard InChI is InChI=1S/C22H21ClN6O5/c1-28-19-18(20(32)26-22(28)33)29(11-15(30)12-34-16-8-6-14(23)7-9-16)21(25-19)27-24-10-13-4-2-3-5-17(13)31/h2-10,15,30-31H,11-12H2,1H3,(H,25,27)(H,26,32,33)/b24-10-/t15-/m1/s1. The van der Waals surface area contributed by atoms with Crippen LogP contribution in [0.5, 0.6) is 11.5 Å². The van der Waals surface area contributed by atoms with Gasteiger partial charge >= 0.3 is 5.69 Å². The zero-order chi connectivity index (χ0) is 24.2. The molecule has 34 heavy (non-hydrogen) atoms. The van der Waals surface area contributed by atoms with Crippen LogP contribution in [0.3, 0.4) is 0 Å². The van der Waals surface area contributed by atoms with Gasteiger partial charge in [-0.1, -0.05) is 23.7 Å². The highest BCUT2D eigenvalue weighted by Crippen LogP contribution is 2.19. The summed E-state index contributed by atoms with van der Waals surface area (Å²) < 4.78 is 8.18. The first-order valence-corrected chi connectivity index (χ1v) is 10.5. The van der Waals surface area contributed by atoms with Gasteiger partial charge in [0.1, 0.15) is 24.2 Å². The van der Waals surface area contributed by atoms with Crippen LogP contribution in [0.25, 0.3) is 11.2 Å². The Labute approximate surface area is 197 Å². The summed E-state index contributed by atoms with van der Waals surface area (Å²) in [5, 5.41) is 25.1. The van der Waals surface area contributed by atoms with Crippen LogP contribution in [0.15, 0.2) is 63.2 Å². The number of para-hydroxylation sites is 1. The number of fused-ring (bicyclic) bond motifs is 1. The molecule has 2 heterocycles. The Morgan fingerprint density at radius 3 is 2.71 bits per heavy atom. The van der Waals surface area contributed by atoms with Crippen LogP contribution in [0, 0.1) is 0 Å². The topological polar surface area (TPSA) is 147 Å². The highest BCUT2D eigenvalue weighted by molar-refractivity contribution is 6.30. The Morgan fingerprint density at radius 2 is 1.97 bits per heavy atom. The number of nitrogens with zero attached hydrogens (tertiary/aromatic N) is 4. The number of hydrogen-bond acceptors (Lipinski definition) is 8. The van der Waals surface area contributed by atoms with Gasteiger partial charge in [-0.3, -0.25) is 14.3 Å². The summed E-state index contributed by atoms with van der Waals surface area (Å²) in [6, 6.07) is 13.3. The van der Waals surface area contributed by atoms with Gasteiger partial charge in [-0.05, 0) is 36.4 Å². The predicted molar refractivity (Wildman–Crippen MR) is 128 cm³/mol. The fraction of sp³-hybridized carbons (Fsp3) is 0.182. The van der Waals surface area contributed by atoms with Crippen molar-refractivity contribution in [3.8, 4) is 11.5 Å². The number of rotatable bonds is 8. The molecule has 4 N–H and O–H groups in total. The third kappa shape index (κ3) is 4.95. The van der Waals surface area contributed by atoms with E-state index in [0.717, 1.165) is 0 Å². The number of benzene rings is 2. The molecule has 12 heteroatoms. The molecule has 0 amide bonds. The van der Waals surface area contributed by atoms with Crippen molar-refractivity contribution >= 4 is 34.9 Å². The van der Waals surface area contributed by atoms with Crippen molar-refractivity contribution in [1.82, 2.24) is 19.1 Å². The van der Waals surface area contributed by atoms with Crippen LogP contribution >= 0.6 is 11.6 Å². The molecule has 0 fully saturated rings. The molecule has 176 valence electrons. The van der Waals surface area contributed by atoms with Gasteiger partial charge in [0, 0.05) is 17.6 Å². The number of phenols is 1.